The molecule has 108 valence electrons. The summed E-state index contributed by atoms with van der Waals surface area (Å²) in [5.74, 6) is -0.171. The zero-order chi connectivity index (χ0) is 14.2. The van der Waals surface area contributed by atoms with Crippen LogP contribution < -0.4 is 5.32 Å². The van der Waals surface area contributed by atoms with Crippen LogP contribution in [0.1, 0.15) is 19.0 Å². The molecular formula is C13H18N4O2S. The molecule has 0 aliphatic carbocycles. The molecule has 0 aliphatic rings. The number of thiazole rings is 1. The molecule has 0 unspecified atom stereocenters. The van der Waals surface area contributed by atoms with Gasteiger partial charge in [-0.25, -0.2) is 9.97 Å². The summed E-state index contributed by atoms with van der Waals surface area (Å²) >= 11 is 1.55. The summed E-state index contributed by atoms with van der Waals surface area (Å²) in [5, 5.41) is 6.11. The van der Waals surface area contributed by atoms with Crippen molar-refractivity contribution in [2.24, 2.45) is 0 Å². The second-order valence-corrected chi connectivity index (χ2v) is 5.03. The maximum atomic E-state index is 11.3. The minimum atomic E-state index is -0.171. The fourth-order valence-corrected chi connectivity index (χ4v) is 2.45. The molecule has 2 aromatic heterocycles. The van der Waals surface area contributed by atoms with Gasteiger partial charge in [-0.3, -0.25) is 4.79 Å². The number of hydrogen-bond acceptors (Lipinski definition) is 6. The van der Waals surface area contributed by atoms with E-state index in [0.29, 0.717) is 19.4 Å². The Morgan fingerprint density at radius 3 is 3.20 bits per heavy atom. The van der Waals surface area contributed by atoms with Gasteiger partial charge in [0, 0.05) is 37.3 Å². The quantitative estimate of drug-likeness (QED) is 0.754. The molecule has 6 nitrogen and oxygen atoms in total. The highest BCUT2D eigenvalue weighted by atomic mass is 32.1. The molecule has 2 aromatic rings. The van der Waals surface area contributed by atoms with E-state index in [-0.39, 0.29) is 5.97 Å². The van der Waals surface area contributed by atoms with Crippen molar-refractivity contribution in [1.82, 2.24) is 14.5 Å². The van der Waals surface area contributed by atoms with Crippen LogP contribution >= 0.6 is 11.3 Å². The van der Waals surface area contributed by atoms with E-state index in [1.54, 1.807) is 23.9 Å². The lowest BCUT2D eigenvalue weighted by molar-refractivity contribution is -0.143. The van der Waals surface area contributed by atoms with Crippen molar-refractivity contribution in [3.8, 4) is 0 Å². The summed E-state index contributed by atoms with van der Waals surface area (Å²) in [7, 11) is 0. The number of aryl methyl sites for hydroxylation is 1. The van der Waals surface area contributed by atoms with Crippen LogP contribution in [0.15, 0.2) is 24.1 Å². The smallest absolute Gasteiger partial charge is 0.306 e. The van der Waals surface area contributed by atoms with Crippen LogP contribution in [0.4, 0.5) is 5.13 Å². The Labute approximate surface area is 121 Å². The lowest BCUT2D eigenvalue weighted by Crippen LogP contribution is -2.09. The van der Waals surface area contributed by atoms with Gasteiger partial charge in [-0.05, 0) is 6.92 Å². The fraction of sp³-hybridized carbons (Fsp3) is 0.462. The molecule has 0 bridgehead atoms. The second kappa shape index (κ2) is 7.64. The van der Waals surface area contributed by atoms with E-state index in [1.165, 1.54) is 0 Å². The van der Waals surface area contributed by atoms with Gasteiger partial charge in [0.1, 0.15) is 0 Å². The van der Waals surface area contributed by atoms with E-state index >= 15 is 0 Å². The number of esters is 1. The predicted octanol–water partition coefficient (Wildman–Crippen LogP) is 1.95. The number of carbonyl (C=O) groups is 1. The molecule has 2 heterocycles. The van der Waals surface area contributed by atoms with Crippen molar-refractivity contribution in [1.29, 1.82) is 0 Å². The zero-order valence-electron chi connectivity index (χ0n) is 11.4. The average Bonchev–Trinajstić information content (AvgIpc) is 3.08. The Morgan fingerprint density at radius 2 is 2.45 bits per heavy atom. The molecule has 0 amide bonds. The first kappa shape index (κ1) is 14.5. The summed E-state index contributed by atoms with van der Waals surface area (Å²) in [4.78, 5) is 19.7. The van der Waals surface area contributed by atoms with Crippen molar-refractivity contribution >= 4 is 22.4 Å². The number of nitrogens with one attached hydrogen (secondary N) is 1. The molecule has 20 heavy (non-hydrogen) atoms. The normalized spacial score (nSPS) is 10.4. The molecule has 0 spiro atoms. The standard InChI is InChI=1S/C13H18N4O2S/c1-2-19-12(18)4-3-11-9-20-13(16-11)15-6-8-17-7-5-14-10-17/h5,7,9-10H,2-4,6,8H2,1H3,(H,15,16). The number of anilines is 1. The van der Waals surface area contributed by atoms with Crippen molar-refractivity contribution in [3.63, 3.8) is 0 Å². The number of ether oxygens (including phenoxy) is 1. The molecule has 0 saturated carbocycles. The fourth-order valence-electron chi connectivity index (χ4n) is 1.68. The number of hydrogen-bond donors (Lipinski definition) is 1. The second-order valence-electron chi connectivity index (χ2n) is 4.18. The molecule has 2 rings (SSSR count). The van der Waals surface area contributed by atoms with Crippen LogP contribution in [-0.2, 0) is 22.5 Å². The molecule has 0 aliphatic heterocycles. The summed E-state index contributed by atoms with van der Waals surface area (Å²) in [6, 6.07) is 0. The van der Waals surface area contributed by atoms with Crippen molar-refractivity contribution in [3.05, 3.63) is 29.8 Å². The molecule has 7 heteroatoms. The number of rotatable bonds is 8. The largest absolute Gasteiger partial charge is 0.466 e. The van der Waals surface area contributed by atoms with Crippen LogP contribution in [0, 0.1) is 0 Å². The minimum absolute atomic E-state index is 0.171. The summed E-state index contributed by atoms with van der Waals surface area (Å²) in [5.41, 5.74) is 0.924. The van der Waals surface area contributed by atoms with Crippen molar-refractivity contribution in [2.75, 3.05) is 18.5 Å². The van der Waals surface area contributed by atoms with E-state index in [2.05, 4.69) is 15.3 Å². The first-order valence-electron chi connectivity index (χ1n) is 6.57. The SMILES string of the molecule is CCOC(=O)CCc1csc(NCCn2ccnc2)n1. The first-order chi connectivity index (χ1) is 9.78. The number of aromatic nitrogens is 3. The molecule has 1 N–H and O–H groups in total. The van der Waals surface area contributed by atoms with E-state index in [9.17, 15) is 4.79 Å². The van der Waals surface area contributed by atoms with Crippen LogP contribution in [0.25, 0.3) is 0 Å². The van der Waals surface area contributed by atoms with E-state index in [4.69, 9.17) is 4.74 Å². The van der Waals surface area contributed by atoms with Crippen molar-refractivity contribution in [2.45, 2.75) is 26.3 Å². The lowest BCUT2D eigenvalue weighted by atomic mass is 10.2. The molecule has 0 saturated heterocycles. The highest BCUT2D eigenvalue weighted by molar-refractivity contribution is 7.13. The Hall–Kier alpha value is -1.89. The zero-order valence-corrected chi connectivity index (χ0v) is 12.2. The average molecular weight is 294 g/mol. The molecule has 0 aromatic carbocycles. The monoisotopic (exact) mass is 294 g/mol. The van der Waals surface area contributed by atoms with Gasteiger partial charge in [0.2, 0.25) is 0 Å². The minimum Gasteiger partial charge on any atom is -0.466 e. The molecule has 0 radical (unpaired) electrons. The van der Waals surface area contributed by atoms with Gasteiger partial charge in [0.05, 0.1) is 25.0 Å². The maximum Gasteiger partial charge on any atom is 0.306 e. The highest BCUT2D eigenvalue weighted by Crippen LogP contribution is 2.16. The van der Waals surface area contributed by atoms with Crippen LogP contribution in [-0.4, -0.2) is 33.7 Å². The van der Waals surface area contributed by atoms with Gasteiger partial charge in [0.15, 0.2) is 5.13 Å². The Balaban J connectivity index is 1.70. The van der Waals surface area contributed by atoms with E-state index in [1.807, 2.05) is 23.1 Å². The number of imidazole rings is 1. The summed E-state index contributed by atoms with van der Waals surface area (Å²) in [6.45, 7) is 3.87. The molecule has 0 fully saturated rings. The third kappa shape index (κ3) is 4.65. The van der Waals surface area contributed by atoms with Gasteiger partial charge in [-0.15, -0.1) is 11.3 Å². The predicted molar refractivity (Wildman–Crippen MR) is 77.8 cm³/mol. The van der Waals surface area contributed by atoms with Gasteiger partial charge in [-0.1, -0.05) is 0 Å². The third-order valence-corrected chi connectivity index (χ3v) is 3.50. The van der Waals surface area contributed by atoms with Gasteiger partial charge < -0.3 is 14.6 Å². The van der Waals surface area contributed by atoms with Crippen LogP contribution in [0.5, 0.6) is 0 Å². The number of carbonyl (C=O) groups excluding carboxylic acids is 1. The molecular weight excluding hydrogens is 276 g/mol. The third-order valence-electron chi connectivity index (χ3n) is 2.65. The van der Waals surface area contributed by atoms with E-state index in [0.717, 1.165) is 23.9 Å². The highest BCUT2D eigenvalue weighted by Gasteiger charge is 2.06. The van der Waals surface area contributed by atoms with Crippen molar-refractivity contribution < 1.29 is 9.53 Å². The van der Waals surface area contributed by atoms with Crippen LogP contribution in [0.3, 0.4) is 0 Å². The number of nitrogens with zero attached hydrogens (tertiary/aromatic N) is 3. The van der Waals surface area contributed by atoms with Crippen LogP contribution in [0.2, 0.25) is 0 Å². The summed E-state index contributed by atoms with van der Waals surface area (Å²) < 4.78 is 6.89. The lowest BCUT2D eigenvalue weighted by Gasteiger charge is -2.03. The van der Waals surface area contributed by atoms with E-state index < -0.39 is 0 Å². The maximum absolute atomic E-state index is 11.3. The van der Waals surface area contributed by atoms with Gasteiger partial charge >= 0.3 is 5.97 Å². The Bertz CT molecular complexity index is 524. The Morgan fingerprint density at radius 1 is 1.55 bits per heavy atom. The Kier molecular flexibility index (Phi) is 5.55. The first-order valence-corrected chi connectivity index (χ1v) is 7.45. The summed E-state index contributed by atoms with van der Waals surface area (Å²) in [6.07, 6.45) is 6.48. The van der Waals surface area contributed by atoms with Gasteiger partial charge in [-0.2, -0.15) is 0 Å². The molecule has 0 atom stereocenters. The van der Waals surface area contributed by atoms with Gasteiger partial charge in [0.25, 0.3) is 0 Å². The topological polar surface area (TPSA) is 69.0 Å².